The molecule has 3 heteroatoms. The average molecular weight is 204 g/mol. The third-order valence-electron chi connectivity index (χ3n) is 2.58. The molecule has 0 spiro atoms. The van der Waals surface area contributed by atoms with Crippen LogP contribution < -0.4 is 5.32 Å². The number of nitriles is 1. The number of hydrogen-bond acceptors (Lipinski definition) is 2. The third-order valence-corrected chi connectivity index (χ3v) is 2.58. The van der Waals surface area contributed by atoms with E-state index in [1.807, 2.05) is 6.07 Å². The summed E-state index contributed by atoms with van der Waals surface area (Å²) in [6.45, 7) is 0.904. The molecule has 1 fully saturated rings. The van der Waals surface area contributed by atoms with E-state index in [-0.39, 0.29) is 5.56 Å². The lowest BCUT2D eigenvalue weighted by Crippen LogP contribution is -2.19. The fourth-order valence-corrected chi connectivity index (χ4v) is 1.52. The third kappa shape index (κ3) is 2.77. The van der Waals surface area contributed by atoms with Crippen LogP contribution in [0.15, 0.2) is 18.2 Å². The molecular formula is C12H13FN2. The number of halogens is 1. The van der Waals surface area contributed by atoms with Crippen molar-refractivity contribution in [1.29, 1.82) is 5.26 Å². The highest BCUT2D eigenvalue weighted by Gasteiger charge is 2.19. The highest BCUT2D eigenvalue weighted by atomic mass is 19.1. The molecule has 0 unspecified atom stereocenters. The minimum absolute atomic E-state index is 0.138. The molecule has 1 saturated carbocycles. The number of hydrogen-bond donors (Lipinski definition) is 1. The molecule has 0 heterocycles. The minimum Gasteiger partial charge on any atom is -0.314 e. The lowest BCUT2D eigenvalue weighted by Gasteiger charge is -2.03. The van der Waals surface area contributed by atoms with Crippen molar-refractivity contribution in [2.24, 2.45) is 0 Å². The minimum atomic E-state index is -0.434. The molecule has 1 aromatic rings. The Morgan fingerprint density at radius 1 is 1.47 bits per heavy atom. The molecule has 0 bridgehead atoms. The Hall–Kier alpha value is -1.40. The second kappa shape index (κ2) is 4.41. The molecule has 0 aliphatic heterocycles. The van der Waals surface area contributed by atoms with Gasteiger partial charge in [-0.2, -0.15) is 5.26 Å². The Morgan fingerprint density at radius 3 is 2.93 bits per heavy atom. The molecule has 2 rings (SSSR count). The second-order valence-corrected chi connectivity index (χ2v) is 3.90. The first-order valence-electron chi connectivity index (χ1n) is 5.21. The van der Waals surface area contributed by atoms with Gasteiger partial charge in [0.25, 0.3) is 0 Å². The first-order valence-corrected chi connectivity index (χ1v) is 5.21. The highest BCUT2D eigenvalue weighted by molar-refractivity contribution is 5.34. The lowest BCUT2D eigenvalue weighted by molar-refractivity contribution is 0.622. The maximum Gasteiger partial charge on any atom is 0.140 e. The van der Waals surface area contributed by atoms with Gasteiger partial charge < -0.3 is 5.32 Å². The predicted octanol–water partition coefficient (Wildman–Crippen LogP) is 1.99. The summed E-state index contributed by atoms with van der Waals surface area (Å²) in [5.74, 6) is -0.434. The van der Waals surface area contributed by atoms with Gasteiger partial charge in [-0.3, -0.25) is 0 Å². The van der Waals surface area contributed by atoms with E-state index >= 15 is 0 Å². The van der Waals surface area contributed by atoms with Crippen LogP contribution in [0.2, 0.25) is 0 Å². The van der Waals surface area contributed by atoms with E-state index in [0.29, 0.717) is 6.04 Å². The van der Waals surface area contributed by atoms with Crippen molar-refractivity contribution in [2.45, 2.75) is 25.3 Å². The Morgan fingerprint density at radius 2 is 2.27 bits per heavy atom. The van der Waals surface area contributed by atoms with Gasteiger partial charge in [0, 0.05) is 6.04 Å². The first-order chi connectivity index (χ1) is 7.29. The van der Waals surface area contributed by atoms with Crippen LogP contribution in [0.3, 0.4) is 0 Å². The van der Waals surface area contributed by atoms with Crippen LogP contribution in [0.5, 0.6) is 0 Å². The van der Waals surface area contributed by atoms with Crippen LogP contribution in [0.25, 0.3) is 0 Å². The maximum atomic E-state index is 13.0. The van der Waals surface area contributed by atoms with Crippen molar-refractivity contribution in [2.75, 3.05) is 6.54 Å². The van der Waals surface area contributed by atoms with E-state index in [1.165, 1.54) is 18.9 Å². The van der Waals surface area contributed by atoms with E-state index < -0.39 is 5.82 Å². The van der Waals surface area contributed by atoms with Crippen molar-refractivity contribution < 1.29 is 4.39 Å². The molecule has 1 N–H and O–H groups in total. The summed E-state index contributed by atoms with van der Waals surface area (Å²) >= 11 is 0. The maximum absolute atomic E-state index is 13.0. The van der Waals surface area contributed by atoms with Gasteiger partial charge >= 0.3 is 0 Å². The molecule has 1 aliphatic rings. The molecule has 0 aromatic heterocycles. The second-order valence-electron chi connectivity index (χ2n) is 3.90. The van der Waals surface area contributed by atoms with Gasteiger partial charge in [0.05, 0.1) is 5.56 Å². The zero-order valence-corrected chi connectivity index (χ0v) is 8.46. The Kier molecular flexibility index (Phi) is 2.98. The van der Waals surface area contributed by atoms with Crippen LogP contribution in [0.4, 0.5) is 4.39 Å². The lowest BCUT2D eigenvalue weighted by atomic mass is 10.1. The van der Waals surface area contributed by atoms with Gasteiger partial charge in [0.15, 0.2) is 0 Å². The van der Waals surface area contributed by atoms with Crippen molar-refractivity contribution in [3.8, 4) is 6.07 Å². The number of benzene rings is 1. The summed E-state index contributed by atoms with van der Waals surface area (Å²) in [7, 11) is 0. The van der Waals surface area contributed by atoms with Crippen LogP contribution in [-0.2, 0) is 6.42 Å². The van der Waals surface area contributed by atoms with E-state index in [4.69, 9.17) is 5.26 Å². The van der Waals surface area contributed by atoms with Gasteiger partial charge in [0.2, 0.25) is 0 Å². The van der Waals surface area contributed by atoms with Crippen molar-refractivity contribution >= 4 is 0 Å². The van der Waals surface area contributed by atoms with Crippen LogP contribution >= 0.6 is 0 Å². The summed E-state index contributed by atoms with van der Waals surface area (Å²) in [5, 5.41) is 12.0. The fraction of sp³-hybridized carbons (Fsp3) is 0.417. The molecule has 0 saturated heterocycles. The SMILES string of the molecule is N#Cc1cc(CCNC2CC2)ccc1F. The van der Waals surface area contributed by atoms with Crippen LogP contribution in [0, 0.1) is 17.1 Å². The van der Waals surface area contributed by atoms with Gasteiger partial charge in [-0.05, 0) is 43.5 Å². The molecule has 0 amide bonds. The summed E-state index contributed by atoms with van der Waals surface area (Å²) in [6.07, 6.45) is 3.39. The largest absolute Gasteiger partial charge is 0.314 e. The summed E-state index contributed by atoms with van der Waals surface area (Å²) < 4.78 is 13.0. The number of rotatable bonds is 4. The van der Waals surface area contributed by atoms with E-state index in [1.54, 1.807) is 12.1 Å². The average Bonchev–Trinajstić information content (AvgIpc) is 3.04. The van der Waals surface area contributed by atoms with E-state index in [2.05, 4.69) is 5.32 Å². The highest BCUT2D eigenvalue weighted by Crippen LogP contribution is 2.18. The number of nitrogens with one attached hydrogen (secondary N) is 1. The first kappa shape index (κ1) is 10.1. The molecule has 78 valence electrons. The summed E-state index contributed by atoms with van der Waals surface area (Å²) in [4.78, 5) is 0. The number of nitrogens with zero attached hydrogens (tertiary/aromatic N) is 1. The monoisotopic (exact) mass is 204 g/mol. The molecule has 0 radical (unpaired) electrons. The molecule has 0 atom stereocenters. The Bertz CT molecular complexity index is 391. The summed E-state index contributed by atoms with van der Waals surface area (Å²) in [6, 6.07) is 7.28. The van der Waals surface area contributed by atoms with Crippen LogP contribution in [-0.4, -0.2) is 12.6 Å². The topological polar surface area (TPSA) is 35.8 Å². The predicted molar refractivity (Wildman–Crippen MR) is 55.8 cm³/mol. The molecular weight excluding hydrogens is 191 g/mol. The van der Waals surface area contributed by atoms with Gasteiger partial charge in [-0.25, -0.2) is 4.39 Å². The van der Waals surface area contributed by atoms with Gasteiger partial charge in [0.1, 0.15) is 11.9 Å². The summed E-state index contributed by atoms with van der Waals surface area (Å²) in [5.41, 5.74) is 1.15. The van der Waals surface area contributed by atoms with Gasteiger partial charge in [-0.1, -0.05) is 6.07 Å². The Balaban J connectivity index is 1.92. The Labute approximate surface area is 88.7 Å². The van der Waals surface area contributed by atoms with Crippen molar-refractivity contribution in [3.05, 3.63) is 35.1 Å². The molecule has 1 aliphatic carbocycles. The normalized spacial score (nSPS) is 14.9. The van der Waals surface area contributed by atoms with Crippen molar-refractivity contribution in [3.63, 3.8) is 0 Å². The van der Waals surface area contributed by atoms with Crippen molar-refractivity contribution in [1.82, 2.24) is 5.32 Å². The van der Waals surface area contributed by atoms with E-state index in [9.17, 15) is 4.39 Å². The van der Waals surface area contributed by atoms with Crippen LogP contribution in [0.1, 0.15) is 24.0 Å². The molecule has 2 nitrogen and oxygen atoms in total. The quantitative estimate of drug-likeness (QED) is 0.814. The zero-order chi connectivity index (χ0) is 10.7. The fourth-order valence-electron chi connectivity index (χ4n) is 1.52. The molecule has 15 heavy (non-hydrogen) atoms. The smallest absolute Gasteiger partial charge is 0.140 e. The molecule has 1 aromatic carbocycles. The zero-order valence-electron chi connectivity index (χ0n) is 8.46. The van der Waals surface area contributed by atoms with Gasteiger partial charge in [-0.15, -0.1) is 0 Å². The standard InChI is InChI=1S/C12H13FN2/c13-12-4-1-9(7-10(12)8-14)5-6-15-11-2-3-11/h1,4,7,11,15H,2-3,5-6H2. The van der Waals surface area contributed by atoms with E-state index in [0.717, 1.165) is 18.5 Å².